The van der Waals surface area contributed by atoms with Crippen molar-refractivity contribution in [3.63, 3.8) is 0 Å². The van der Waals surface area contributed by atoms with E-state index in [1.807, 2.05) is 43.0 Å². The molecule has 1 aliphatic rings. The van der Waals surface area contributed by atoms with Crippen LogP contribution in [-0.2, 0) is 9.53 Å². The number of rotatable bonds is 5. The van der Waals surface area contributed by atoms with Gasteiger partial charge in [-0.15, -0.1) is 0 Å². The van der Waals surface area contributed by atoms with Gasteiger partial charge < -0.3 is 10.1 Å². The molecule has 0 saturated carbocycles. The molecule has 1 atom stereocenters. The molecule has 0 spiro atoms. The summed E-state index contributed by atoms with van der Waals surface area (Å²) in [7, 11) is 1.32. The third-order valence-corrected chi connectivity index (χ3v) is 5.06. The standard InChI is InChI=1S/C21H21N3O4S/c1-4-17-18(20(25)28-3)19(14-8-6-10-16(12-14)24(26)27)22-21(29)23(17)15-9-5-7-13(2)11-15/h5-12,19H,4H2,1-3H3,(H,22,29)/t19-/m0/s1. The fraction of sp³-hybridized carbons (Fsp3) is 0.238. The van der Waals surface area contributed by atoms with E-state index in [0.29, 0.717) is 28.4 Å². The van der Waals surface area contributed by atoms with E-state index in [4.69, 9.17) is 17.0 Å². The summed E-state index contributed by atoms with van der Waals surface area (Å²) in [4.78, 5) is 25.3. The zero-order valence-corrected chi connectivity index (χ0v) is 17.2. The average molecular weight is 411 g/mol. The van der Waals surface area contributed by atoms with Crippen molar-refractivity contribution < 1.29 is 14.5 Å². The lowest BCUT2D eigenvalue weighted by Gasteiger charge is -2.38. The molecule has 1 N–H and O–H groups in total. The Morgan fingerprint density at radius 3 is 2.62 bits per heavy atom. The first-order chi connectivity index (χ1) is 13.9. The lowest BCUT2D eigenvalue weighted by Crippen LogP contribution is -2.48. The van der Waals surface area contributed by atoms with Crippen molar-refractivity contribution in [2.45, 2.75) is 26.3 Å². The number of carbonyl (C=O) groups is 1. The smallest absolute Gasteiger partial charge is 0.337 e. The summed E-state index contributed by atoms with van der Waals surface area (Å²) < 4.78 is 5.05. The number of benzene rings is 2. The number of nitrogens with one attached hydrogen (secondary N) is 1. The number of nitrogens with zero attached hydrogens (tertiary/aromatic N) is 2. The number of aryl methyl sites for hydroxylation is 1. The number of nitro groups is 1. The van der Waals surface area contributed by atoms with Crippen molar-refractivity contribution in [3.8, 4) is 0 Å². The Labute approximate surface area is 174 Å². The fourth-order valence-electron chi connectivity index (χ4n) is 3.47. The lowest BCUT2D eigenvalue weighted by molar-refractivity contribution is -0.384. The first kappa shape index (κ1) is 20.5. The molecule has 0 aromatic heterocycles. The monoisotopic (exact) mass is 411 g/mol. The van der Waals surface area contributed by atoms with Crippen LogP contribution in [0.5, 0.6) is 0 Å². The predicted octanol–water partition coefficient (Wildman–Crippen LogP) is 4.18. The molecule has 8 heteroatoms. The third kappa shape index (κ3) is 3.97. The van der Waals surface area contributed by atoms with Crippen LogP contribution in [0.3, 0.4) is 0 Å². The van der Waals surface area contributed by atoms with Crippen LogP contribution < -0.4 is 10.2 Å². The maximum absolute atomic E-state index is 12.8. The minimum absolute atomic E-state index is 0.0569. The van der Waals surface area contributed by atoms with Gasteiger partial charge in [0.05, 0.1) is 23.6 Å². The quantitative estimate of drug-likeness (QED) is 0.342. The van der Waals surface area contributed by atoms with Crippen LogP contribution in [-0.4, -0.2) is 23.1 Å². The van der Waals surface area contributed by atoms with Gasteiger partial charge in [0.15, 0.2) is 5.11 Å². The average Bonchev–Trinajstić information content (AvgIpc) is 2.72. The highest BCUT2D eigenvalue weighted by Gasteiger charge is 2.36. The zero-order chi connectivity index (χ0) is 21.1. The predicted molar refractivity (Wildman–Crippen MR) is 115 cm³/mol. The number of carbonyl (C=O) groups excluding carboxylic acids is 1. The lowest BCUT2D eigenvalue weighted by atomic mass is 9.93. The van der Waals surface area contributed by atoms with Crippen molar-refractivity contribution in [2.24, 2.45) is 0 Å². The Morgan fingerprint density at radius 1 is 1.28 bits per heavy atom. The Kier molecular flexibility index (Phi) is 5.93. The van der Waals surface area contributed by atoms with Gasteiger partial charge >= 0.3 is 5.97 Å². The van der Waals surface area contributed by atoms with E-state index in [-0.39, 0.29) is 5.69 Å². The molecule has 0 amide bonds. The van der Waals surface area contributed by atoms with E-state index in [9.17, 15) is 14.9 Å². The van der Waals surface area contributed by atoms with Gasteiger partial charge in [0.1, 0.15) is 0 Å². The number of nitro benzene ring substituents is 1. The number of methoxy groups -OCH3 is 1. The van der Waals surface area contributed by atoms with Crippen LogP contribution in [0.2, 0.25) is 0 Å². The number of hydrogen-bond donors (Lipinski definition) is 1. The molecule has 2 aromatic rings. The maximum atomic E-state index is 12.8. The van der Waals surface area contributed by atoms with E-state index >= 15 is 0 Å². The Balaban J connectivity index is 2.20. The number of ether oxygens (including phenoxy) is 1. The molecular weight excluding hydrogens is 390 g/mol. The van der Waals surface area contributed by atoms with Crippen LogP contribution in [0.15, 0.2) is 59.8 Å². The van der Waals surface area contributed by atoms with E-state index < -0.39 is 16.9 Å². The number of non-ortho nitro benzene ring substituents is 1. The van der Waals surface area contributed by atoms with Crippen molar-refractivity contribution >= 4 is 34.7 Å². The van der Waals surface area contributed by atoms with Crippen LogP contribution in [0.4, 0.5) is 11.4 Å². The van der Waals surface area contributed by atoms with E-state index in [1.54, 1.807) is 12.1 Å². The summed E-state index contributed by atoms with van der Waals surface area (Å²) in [5, 5.41) is 14.8. The summed E-state index contributed by atoms with van der Waals surface area (Å²) in [6.07, 6.45) is 0.519. The van der Waals surface area contributed by atoms with Crippen LogP contribution in [0, 0.1) is 17.0 Å². The van der Waals surface area contributed by atoms with Gasteiger partial charge in [0, 0.05) is 23.5 Å². The number of allylic oxidation sites excluding steroid dienone is 1. The second-order valence-corrected chi connectivity index (χ2v) is 7.00. The normalized spacial score (nSPS) is 16.4. The van der Waals surface area contributed by atoms with E-state index in [2.05, 4.69) is 5.32 Å². The van der Waals surface area contributed by atoms with E-state index in [0.717, 1.165) is 11.3 Å². The highest BCUT2D eigenvalue weighted by Crippen LogP contribution is 2.36. The van der Waals surface area contributed by atoms with Gasteiger partial charge in [-0.2, -0.15) is 0 Å². The van der Waals surface area contributed by atoms with Crippen molar-refractivity contribution in [1.29, 1.82) is 0 Å². The van der Waals surface area contributed by atoms with Crippen LogP contribution >= 0.6 is 12.2 Å². The molecule has 1 aliphatic heterocycles. The number of hydrogen-bond acceptors (Lipinski definition) is 5. The molecule has 0 unspecified atom stereocenters. The maximum Gasteiger partial charge on any atom is 0.337 e. The van der Waals surface area contributed by atoms with Gasteiger partial charge in [-0.1, -0.05) is 31.2 Å². The summed E-state index contributed by atoms with van der Waals surface area (Å²) >= 11 is 5.63. The number of anilines is 1. The van der Waals surface area contributed by atoms with Crippen molar-refractivity contribution in [1.82, 2.24) is 5.32 Å². The van der Waals surface area contributed by atoms with Crippen molar-refractivity contribution in [2.75, 3.05) is 12.0 Å². The Hall–Kier alpha value is -3.26. The van der Waals surface area contributed by atoms with Crippen LogP contribution in [0.25, 0.3) is 0 Å². The molecule has 7 nitrogen and oxygen atoms in total. The van der Waals surface area contributed by atoms with Crippen molar-refractivity contribution in [3.05, 3.63) is 81.0 Å². The second kappa shape index (κ2) is 8.40. The fourth-order valence-corrected chi connectivity index (χ4v) is 3.81. The molecule has 2 aromatic carbocycles. The summed E-state index contributed by atoms with van der Waals surface area (Å²) in [5.41, 5.74) is 3.48. The molecule has 29 heavy (non-hydrogen) atoms. The number of esters is 1. The van der Waals surface area contributed by atoms with E-state index in [1.165, 1.54) is 19.2 Å². The Bertz CT molecular complexity index is 1020. The zero-order valence-electron chi connectivity index (χ0n) is 16.3. The molecule has 0 radical (unpaired) electrons. The third-order valence-electron chi connectivity index (χ3n) is 4.75. The minimum Gasteiger partial charge on any atom is -0.466 e. The van der Waals surface area contributed by atoms with Crippen LogP contribution in [0.1, 0.15) is 30.5 Å². The minimum atomic E-state index is -0.647. The summed E-state index contributed by atoms with van der Waals surface area (Å²) in [6, 6.07) is 13.3. The molecule has 3 rings (SSSR count). The largest absolute Gasteiger partial charge is 0.466 e. The molecule has 0 fully saturated rings. The molecule has 150 valence electrons. The number of thiocarbonyl (C=S) groups is 1. The topological polar surface area (TPSA) is 84.7 Å². The molecule has 1 heterocycles. The summed E-state index contributed by atoms with van der Waals surface area (Å²) in [6.45, 7) is 3.91. The molecule has 0 aliphatic carbocycles. The molecular formula is C21H21N3O4S. The highest BCUT2D eigenvalue weighted by atomic mass is 32.1. The first-order valence-electron chi connectivity index (χ1n) is 9.10. The van der Waals surface area contributed by atoms with Gasteiger partial charge in [-0.05, 0) is 48.8 Å². The molecule has 0 bridgehead atoms. The summed E-state index contributed by atoms with van der Waals surface area (Å²) in [5.74, 6) is -0.508. The first-order valence-corrected chi connectivity index (χ1v) is 9.51. The van der Waals surface area contributed by atoms with Gasteiger partial charge in [-0.25, -0.2) is 4.79 Å². The molecule has 0 saturated heterocycles. The van der Waals surface area contributed by atoms with Gasteiger partial charge in [0.2, 0.25) is 0 Å². The SMILES string of the molecule is CCC1=C(C(=O)OC)[C@H](c2cccc([N+](=O)[O-])c2)NC(=S)N1c1cccc(C)c1. The second-order valence-electron chi connectivity index (χ2n) is 6.61. The van der Waals surface area contributed by atoms with Gasteiger partial charge in [0.25, 0.3) is 5.69 Å². The van der Waals surface area contributed by atoms with Gasteiger partial charge in [-0.3, -0.25) is 15.0 Å². The highest BCUT2D eigenvalue weighted by molar-refractivity contribution is 7.80. The Morgan fingerprint density at radius 2 is 2.00 bits per heavy atom.